The highest BCUT2D eigenvalue weighted by Gasteiger charge is 2.23. The van der Waals surface area contributed by atoms with E-state index in [1.165, 1.54) is 37.8 Å². The highest BCUT2D eigenvalue weighted by Crippen LogP contribution is 2.34. The maximum atomic E-state index is 14.5. The minimum absolute atomic E-state index is 0.0708. The summed E-state index contributed by atoms with van der Waals surface area (Å²) in [6.07, 6.45) is 8.55. The number of halogens is 2. The Morgan fingerprint density at radius 2 is 1.57 bits per heavy atom. The monoisotopic (exact) mass is 414 g/mol. The lowest BCUT2D eigenvalue weighted by molar-refractivity contribution is 0.0942. The molecule has 0 N–H and O–H groups in total. The van der Waals surface area contributed by atoms with Crippen LogP contribution in [0.2, 0.25) is 0 Å². The van der Waals surface area contributed by atoms with Gasteiger partial charge in [0.25, 0.3) is 0 Å². The molecular formula is C26H32F2O2. The summed E-state index contributed by atoms with van der Waals surface area (Å²) in [6.45, 7) is 4.48. The van der Waals surface area contributed by atoms with Gasteiger partial charge < -0.3 is 4.74 Å². The van der Waals surface area contributed by atoms with E-state index in [-0.39, 0.29) is 17.1 Å². The van der Waals surface area contributed by atoms with Crippen LogP contribution in [0.1, 0.15) is 75.6 Å². The van der Waals surface area contributed by atoms with E-state index < -0.39 is 11.6 Å². The zero-order chi connectivity index (χ0) is 21.5. The van der Waals surface area contributed by atoms with Crippen LogP contribution < -0.4 is 4.74 Å². The molecule has 1 aliphatic rings. The van der Waals surface area contributed by atoms with Gasteiger partial charge in [0.05, 0.1) is 6.61 Å². The molecule has 0 heterocycles. The van der Waals surface area contributed by atoms with Crippen molar-refractivity contribution in [2.75, 3.05) is 6.61 Å². The predicted octanol–water partition coefficient (Wildman–Crippen LogP) is 7.60. The van der Waals surface area contributed by atoms with Crippen LogP contribution in [-0.2, 0) is 0 Å². The summed E-state index contributed by atoms with van der Waals surface area (Å²) in [4.78, 5) is 12.7. The Morgan fingerprint density at radius 1 is 0.900 bits per heavy atom. The molecule has 1 fully saturated rings. The molecular weight excluding hydrogens is 382 g/mol. The van der Waals surface area contributed by atoms with Gasteiger partial charge in [-0.3, -0.25) is 4.79 Å². The minimum Gasteiger partial charge on any atom is -0.490 e. The summed E-state index contributed by atoms with van der Waals surface area (Å²) in [5, 5.41) is 0. The number of ketones is 1. The topological polar surface area (TPSA) is 26.3 Å². The van der Waals surface area contributed by atoms with E-state index in [0.717, 1.165) is 25.2 Å². The molecule has 0 amide bonds. The largest absolute Gasteiger partial charge is 0.490 e. The maximum Gasteiger partial charge on any atom is 0.201 e. The summed E-state index contributed by atoms with van der Waals surface area (Å²) in [6, 6.07) is 9.80. The van der Waals surface area contributed by atoms with Crippen molar-refractivity contribution in [3.05, 3.63) is 53.6 Å². The Bertz CT molecular complexity index is 837. The Labute approximate surface area is 178 Å². The van der Waals surface area contributed by atoms with Crippen molar-refractivity contribution in [1.82, 2.24) is 0 Å². The highest BCUT2D eigenvalue weighted by molar-refractivity contribution is 5.96. The van der Waals surface area contributed by atoms with Crippen molar-refractivity contribution in [3.63, 3.8) is 0 Å². The maximum absolute atomic E-state index is 14.5. The molecule has 2 nitrogen and oxygen atoms in total. The molecule has 0 unspecified atom stereocenters. The van der Waals surface area contributed by atoms with Gasteiger partial charge in [0, 0.05) is 17.5 Å². The van der Waals surface area contributed by atoms with E-state index in [0.29, 0.717) is 30.1 Å². The molecule has 0 bridgehead atoms. The van der Waals surface area contributed by atoms with Crippen molar-refractivity contribution < 1.29 is 18.3 Å². The SMILES string of the molecule is CCCOc1ccc(-c2ccc(C(=O)C[C@H]3CC[C@H](CCC)CC3)cc2)c(F)c1F. The van der Waals surface area contributed by atoms with Crippen LogP contribution >= 0.6 is 0 Å². The first-order valence-corrected chi connectivity index (χ1v) is 11.3. The second-order valence-electron chi connectivity index (χ2n) is 8.47. The van der Waals surface area contributed by atoms with E-state index in [1.807, 2.05) is 6.92 Å². The Kier molecular flexibility index (Phi) is 8.01. The number of carbonyl (C=O) groups is 1. The van der Waals surface area contributed by atoms with Gasteiger partial charge >= 0.3 is 0 Å². The molecule has 2 aromatic carbocycles. The quantitative estimate of drug-likeness (QED) is 0.395. The van der Waals surface area contributed by atoms with Gasteiger partial charge in [-0.1, -0.05) is 63.8 Å². The van der Waals surface area contributed by atoms with Gasteiger partial charge in [-0.15, -0.1) is 0 Å². The second kappa shape index (κ2) is 10.7. The Balaban J connectivity index is 1.64. The number of hydrogen-bond donors (Lipinski definition) is 0. The van der Waals surface area contributed by atoms with Crippen molar-refractivity contribution in [2.24, 2.45) is 11.8 Å². The fourth-order valence-electron chi connectivity index (χ4n) is 4.43. The van der Waals surface area contributed by atoms with Crippen molar-refractivity contribution >= 4 is 5.78 Å². The van der Waals surface area contributed by atoms with Crippen molar-refractivity contribution in [3.8, 4) is 16.9 Å². The molecule has 0 radical (unpaired) electrons. The standard InChI is InChI=1S/C26H32F2O2/c1-3-5-18-6-8-19(9-7-18)17-23(29)21-12-10-20(11-13-21)22-14-15-24(30-16-4-2)26(28)25(22)27/h10-15,18-19H,3-9,16-17H2,1-2H3/t18-,19-. The number of hydrogen-bond acceptors (Lipinski definition) is 2. The van der Waals surface area contributed by atoms with Gasteiger partial charge in [0.2, 0.25) is 5.82 Å². The highest BCUT2D eigenvalue weighted by atomic mass is 19.2. The molecule has 0 saturated heterocycles. The molecule has 3 rings (SSSR count). The molecule has 30 heavy (non-hydrogen) atoms. The molecule has 0 aromatic heterocycles. The van der Waals surface area contributed by atoms with Crippen LogP contribution in [-0.4, -0.2) is 12.4 Å². The van der Waals surface area contributed by atoms with E-state index in [2.05, 4.69) is 6.92 Å². The number of benzene rings is 2. The van der Waals surface area contributed by atoms with Crippen LogP contribution in [0.25, 0.3) is 11.1 Å². The lowest BCUT2D eigenvalue weighted by Gasteiger charge is -2.27. The average molecular weight is 415 g/mol. The number of rotatable bonds is 9. The molecule has 1 aliphatic carbocycles. The average Bonchev–Trinajstić information content (AvgIpc) is 2.76. The minimum atomic E-state index is -0.972. The first-order chi connectivity index (χ1) is 14.5. The van der Waals surface area contributed by atoms with Crippen LogP contribution in [0.3, 0.4) is 0 Å². The van der Waals surface area contributed by atoms with E-state index in [9.17, 15) is 13.6 Å². The first-order valence-electron chi connectivity index (χ1n) is 11.3. The number of carbonyl (C=O) groups excluding carboxylic acids is 1. The van der Waals surface area contributed by atoms with Gasteiger partial charge in [0.1, 0.15) is 0 Å². The van der Waals surface area contributed by atoms with E-state index in [1.54, 1.807) is 24.3 Å². The van der Waals surface area contributed by atoms with Gasteiger partial charge in [-0.05, 0) is 48.8 Å². The smallest absolute Gasteiger partial charge is 0.201 e. The van der Waals surface area contributed by atoms with E-state index >= 15 is 0 Å². The summed E-state index contributed by atoms with van der Waals surface area (Å²) in [5.41, 5.74) is 1.35. The fraction of sp³-hybridized carbons (Fsp3) is 0.500. The second-order valence-corrected chi connectivity index (χ2v) is 8.47. The lowest BCUT2D eigenvalue weighted by atomic mass is 9.78. The van der Waals surface area contributed by atoms with Crippen molar-refractivity contribution in [2.45, 2.75) is 65.2 Å². The summed E-state index contributed by atoms with van der Waals surface area (Å²) >= 11 is 0. The third kappa shape index (κ3) is 5.47. The molecule has 4 heteroatoms. The third-order valence-corrected chi connectivity index (χ3v) is 6.16. The molecule has 2 aromatic rings. The Morgan fingerprint density at radius 3 is 2.20 bits per heavy atom. The normalized spacial score (nSPS) is 18.9. The van der Waals surface area contributed by atoms with Gasteiger partial charge in [-0.25, -0.2) is 4.39 Å². The van der Waals surface area contributed by atoms with Gasteiger partial charge in [-0.2, -0.15) is 4.39 Å². The van der Waals surface area contributed by atoms with Crippen LogP contribution in [0.15, 0.2) is 36.4 Å². The lowest BCUT2D eigenvalue weighted by Crippen LogP contribution is -2.17. The Hall–Kier alpha value is -2.23. The number of ether oxygens (including phenoxy) is 1. The summed E-state index contributed by atoms with van der Waals surface area (Å²) in [7, 11) is 0. The first kappa shape index (κ1) is 22.5. The van der Waals surface area contributed by atoms with Gasteiger partial charge in [0.15, 0.2) is 17.3 Å². The summed E-state index contributed by atoms with van der Waals surface area (Å²) < 4.78 is 34.0. The van der Waals surface area contributed by atoms with E-state index in [4.69, 9.17) is 4.74 Å². The van der Waals surface area contributed by atoms with Crippen LogP contribution in [0.4, 0.5) is 8.78 Å². The fourth-order valence-corrected chi connectivity index (χ4v) is 4.43. The summed E-state index contributed by atoms with van der Waals surface area (Å²) in [5.74, 6) is -0.539. The third-order valence-electron chi connectivity index (χ3n) is 6.16. The number of Topliss-reactive ketones (excluding diaryl/α,β-unsaturated/α-hetero) is 1. The molecule has 0 atom stereocenters. The zero-order valence-electron chi connectivity index (χ0n) is 18.1. The zero-order valence-corrected chi connectivity index (χ0v) is 18.1. The van der Waals surface area contributed by atoms with Crippen LogP contribution in [0.5, 0.6) is 5.75 Å². The molecule has 0 spiro atoms. The predicted molar refractivity (Wildman–Crippen MR) is 117 cm³/mol. The van der Waals surface area contributed by atoms with Crippen molar-refractivity contribution in [1.29, 1.82) is 0 Å². The molecule has 1 saturated carbocycles. The molecule has 0 aliphatic heterocycles. The van der Waals surface area contributed by atoms with Crippen LogP contribution in [0, 0.1) is 23.5 Å². The molecule has 162 valence electrons.